The van der Waals surface area contributed by atoms with Crippen molar-refractivity contribution in [3.8, 4) is 0 Å². The fourth-order valence-corrected chi connectivity index (χ4v) is 0.360. The van der Waals surface area contributed by atoms with Crippen LogP contribution in [0.5, 0.6) is 0 Å². The number of aliphatic carboxylic acids is 1. The van der Waals surface area contributed by atoms with Crippen LogP contribution < -0.4 is 59.1 Å². The minimum Gasteiger partial charge on any atom is -1.00 e. The molecule has 0 radical (unpaired) electrons. The normalized spacial score (nSPS) is 6.64. The Balaban J connectivity index is -0.0000000533. The summed E-state index contributed by atoms with van der Waals surface area (Å²) < 4.78 is 4.16. The van der Waals surface area contributed by atoms with E-state index in [2.05, 4.69) is 36.2 Å². The maximum absolute atomic E-state index is 9.92. The second-order valence-corrected chi connectivity index (χ2v) is 2.18. The molecule has 0 heterocycles. The molecule has 0 aromatic rings. The van der Waals surface area contributed by atoms with Gasteiger partial charge in [0.25, 0.3) is 0 Å². The summed E-state index contributed by atoms with van der Waals surface area (Å²) >= 11 is 7.83. The fraction of sp³-hybridized carbons (Fsp3) is 0. The second kappa shape index (κ2) is 9.54. The topological polar surface area (TPSA) is 46.5 Å². The molecule has 0 unspecified atom stereocenters. The van der Waals surface area contributed by atoms with Crippen LogP contribution in [0.1, 0.15) is 2.85 Å². The third kappa shape index (κ3) is 11.5. The van der Waals surface area contributed by atoms with Crippen LogP contribution in [0.2, 0.25) is 0 Å². The van der Waals surface area contributed by atoms with Crippen molar-refractivity contribution < 1.29 is 76.6 Å². The quantitative estimate of drug-likeness (QED) is 0.158. The van der Waals surface area contributed by atoms with Crippen LogP contribution in [-0.4, -0.2) is 15.5 Å². The zero-order chi connectivity index (χ0) is 7.44. The number of rotatable bonds is 2. The molecule has 0 aromatic heterocycles. The zero-order valence-electron chi connectivity index (χ0n) is 8.33. The molecule has 0 rings (SSSR count). The van der Waals surface area contributed by atoms with Crippen LogP contribution in [0.25, 0.3) is 0 Å². The number of hydrogen-bond acceptors (Lipinski definition) is 3. The first kappa shape index (κ1) is 18.3. The van der Waals surface area contributed by atoms with Crippen molar-refractivity contribution in [2.45, 2.75) is 0 Å². The number of carbonyl (C=O) groups is 1. The van der Waals surface area contributed by atoms with Gasteiger partial charge in [0.05, 0.1) is 0 Å². The largest absolute Gasteiger partial charge is 1.00 e. The SMILES string of the molecule is C=C(OC(=S)S)C(=O)O.[H-].[H-].[Na+].[Na+]. The van der Waals surface area contributed by atoms with E-state index in [0.717, 1.165) is 0 Å². The van der Waals surface area contributed by atoms with Crippen molar-refractivity contribution in [3.63, 3.8) is 0 Å². The Labute approximate surface area is 123 Å². The van der Waals surface area contributed by atoms with Gasteiger partial charge in [-0.15, -0.1) is 0 Å². The van der Waals surface area contributed by atoms with Crippen LogP contribution in [0.4, 0.5) is 0 Å². The van der Waals surface area contributed by atoms with Gasteiger partial charge < -0.3 is 12.7 Å². The molecule has 0 aliphatic heterocycles. The van der Waals surface area contributed by atoms with Crippen LogP contribution in [0.15, 0.2) is 12.3 Å². The Morgan fingerprint density at radius 3 is 2.09 bits per heavy atom. The summed E-state index contributed by atoms with van der Waals surface area (Å²) in [6, 6.07) is 0. The van der Waals surface area contributed by atoms with E-state index in [0.29, 0.717) is 0 Å². The summed E-state index contributed by atoms with van der Waals surface area (Å²) in [5.41, 5.74) is 0. The first-order chi connectivity index (χ1) is 4.04. The summed E-state index contributed by atoms with van der Waals surface area (Å²) in [6.07, 6.45) is 0. The molecule has 54 valence electrons. The minimum absolute atomic E-state index is 0. The molecule has 0 fully saturated rings. The van der Waals surface area contributed by atoms with E-state index in [1.54, 1.807) is 0 Å². The van der Waals surface area contributed by atoms with Crippen molar-refractivity contribution in [2.24, 2.45) is 0 Å². The molecule has 0 atom stereocenters. The van der Waals surface area contributed by atoms with Crippen LogP contribution in [-0.2, 0) is 9.53 Å². The molecule has 0 amide bonds. The fourth-order valence-electron chi connectivity index (χ4n) is 0.149. The van der Waals surface area contributed by atoms with Gasteiger partial charge in [-0.2, -0.15) is 0 Å². The number of ether oxygens (including phenoxy) is 1. The van der Waals surface area contributed by atoms with Gasteiger partial charge in [0.1, 0.15) is 0 Å². The smallest absolute Gasteiger partial charge is 1.00 e. The van der Waals surface area contributed by atoms with Crippen molar-refractivity contribution in [1.29, 1.82) is 0 Å². The van der Waals surface area contributed by atoms with Gasteiger partial charge in [0.2, 0.25) is 10.1 Å². The third-order valence-corrected chi connectivity index (χ3v) is 0.624. The summed E-state index contributed by atoms with van der Waals surface area (Å²) in [5.74, 6) is -1.67. The van der Waals surface area contributed by atoms with E-state index in [1.165, 1.54) is 0 Å². The van der Waals surface area contributed by atoms with Crippen LogP contribution in [0.3, 0.4) is 0 Å². The average molecular weight is 212 g/mol. The van der Waals surface area contributed by atoms with Crippen molar-refractivity contribution >= 4 is 35.2 Å². The maximum atomic E-state index is 9.92. The molecule has 0 saturated carbocycles. The Morgan fingerprint density at radius 2 is 2.00 bits per heavy atom. The Hall–Kier alpha value is 1.45. The second-order valence-electron chi connectivity index (χ2n) is 1.10. The van der Waals surface area contributed by atoms with Crippen molar-refractivity contribution in [2.75, 3.05) is 0 Å². The number of thiocarbonyl (C=S) groups is 1. The van der Waals surface area contributed by atoms with E-state index in [1.807, 2.05) is 0 Å². The number of carboxylic acid groups (broad SMARTS) is 1. The predicted molar refractivity (Wildman–Crippen MR) is 41.7 cm³/mol. The van der Waals surface area contributed by atoms with Gasteiger partial charge in [-0.3, -0.25) is 0 Å². The average Bonchev–Trinajstić information content (AvgIpc) is 1.63. The van der Waals surface area contributed by atoms with E-state index >= 15 is 0 Å². The van der Waals surface area contributed by atoms with E-state index in [4.69, 9.17) is 5.11 Å². The standard InChI is InChI=1S/C4H4O3S2.2Na.2H/c1-2(3(5)6)7-4(8)9;;;;/h1H2,(H,5,6)(H,8,9);;;;/q;2*+1;2*-1. The van der Waals surface area contributed by atoms with Gasteiger partial charge >= 0.3 is 65.1 Å². The van der Waals surface area contributed by atoms with Gasteiger partial charge in [0, 0.05) is 0 Å². The molecule has 0 aromatic carbocycles. The molecule has 3 nitrogen and oxygen atoms in total. The summed E-state index contributed by atoms with van der Waals surface area (Å²) in [5, 5.41) is 8.11. The molecule has 0 bridgehead atoms. The van der Waals surface area contributed by atoms with Crippen molar-refractivity contribution in [3.05, 3.63) is 12.3 Å². The van der Waals surface area contributed by atoms with Crippen LogP contribution >= 0.6 is 24.8 Å². The summed E-state index contributed by atoms with van der Waals surface area (Å²) in [6.45, 7) is 3.04. The maximum Gasteiger partial charge on any atom is 1.00 e. The monoisotopic (exact) mass is 212 g/mol. The molecule has 1 N–H and O–H groups in total. The Morgan fingerprint density at radius 1 is 1.64 bits per heavy atom. The third-order valence-electron chi connectivity index (χ3n) is 0.449. The molecule has 7 heteroatoms. The van der Waals surface area contributed by atoms with Gasteiger partial charge in [-0.05, 0) is 18.8 Å². The summed E-state index contributed by atoms with van der Waals surface area (Å²) in [7, 11) is 0. The molecule has 0 spiro atoms. The molecule has 0 aliphatic rings. The molecule has 0 saturated heterocycles. The molecule has 0 aliphatic carbocycles. The molecular formula is C4H6Na2O3S2. The summed E-state index contributed by atoms with van der Waals surface area (Å²) in [4.78, 5) is 9.92. The molecular weight excluding hydrogens is 206 g/mol. The van der Waals surface area contributed by atoms with E-state index < -0.39 is 11.7 Å². The van der Waals surface area contributed by atoms with E-state index in [9.17, 15) is 4.79 Å². The van der Waals surface area contributed by atoms with E-state index in [-0.39, 0.29) is 66.4 Å². The van der Waals surface area contributed by atoms with Crippen LogP contribution in [0, 0.1) is 0 Å². The van der Waals surface area contributed by atoms with Gasteiger partial charge in [-0.1, -0.05) is 12.6 Å². The van der Waals surface area contributed by atoms with Crippen molar-refractivity contribution in [1.82, 2.24) is 0 Å². The Bertz CT molecular complexity index is 179. The predicted octanol–water partition coefficient (Wildman–Crippen LogP) is -4.95. The van der Waals surface area contributed by atoms with Gasteiger partial charge in [0.15, 0.2) is 0 Å². The first-order valence-corrected chi connectivity index (χ1v) is 2.72. The zero-order valence-corrected chi connectivity index (χ0v) is 12.0. The number of hydrogen-bond donors (Lipinski definition) is 2. The number of thiol groups is 1. The minimum atomic E-state index is -1.24. The molecule has 11 heavy (non-hydrogen) atoms. The number of carboxylic acids is 1. The first-order valence-electron chi connectivity index (χ1n) is 1.87. The Kier molecular flexibility index (Phi) is 15.8. The van der Waals surface area contributed by atoms with Gasteiger partial charge in [-0.25, -0.2) is 4.79 Å².